The first-order valence-electron chi connectivity index (χ1n) is 18.1. The molecule has 5 saturated carbocycles. The van der Waals surface area contributed by atoms with Crippen molar-refractivity contribution in [3.8, 4) is 0 Å². The van der Waals surface area contributed by atoms with E-state index in [1.165, 1.54) is 44.9 Å². The molecule has 238 valence electrons. The second kappa shape index (κ2) is 11.3. The average molecular weight is 573 g/mol. The van der Waals surface area contributed by atoms with Gasteiger partial charge in [0.2, 0.25) is 0 Å². The quantitative estimate of drug-likeness (QED) is 0.323. The summed E-state index contributed by atoms with van der Waals surface area (Å²) in [6.45, 7) is 27.4. The third kappa shape index (κ3) is 4.74. The maximum Gasteiger partial charge on any atom is 0.155 e. The van der Waals surface area contributed by atoms with Crippen molar-refractivity contribution < 1.29 is 14.9 Å². The first-order chi connectivity index (χ1) is 19.1. The Morgan fingerprint density at radius 1 is 0.780 bits per heavy atom. The lowest BCUT2D eigenvalue weighted by atomic mass is 9.30. The van der Waals surface area contributed by atoms with E-state index in [0.717, 1.165) is 36.5 Å². The standard InChI is InChI=1S/C38H68O3/c1-21-15-17-29(18-16-21)19-31(40)41-35-36(9)20-23(3)33(28(8)39)26(6)38(36,11)27(7)34-24(4)32-22(2)13-12-14-30(32)25(5)37(34,35)10/h21-35,39-40H,12-20H2,1-11H3. The van der Waals surface area contributed by atoms with Crippen molar-refractivity contribution in [1.29, 1.82) is 0 Å². The van der Waals surface area contributed by atoms with Gasteiger partial charge in [0, 0.05) is 17.3 Å². The fourth-order valence-corrected chi connectivity index (χ4v) is 14.0. The minimum atomic E-state index is -0.684. The van der Waals surface area contributed by atoms with Crippen molar-refractivity contribution in [1.82, 2.24) is 0 Å². The normalized spacial score (nSPS) is 57.1. The Morgan fingerprint density at radius 2 is 1.41 bits per heavy atom. The van der Waals surface area contributed by atoms with Crippen molar-refractivity contribution >= 4 is 0 Å². The number of fused-ring (bicyclic) bond motifs is 3. The van der Waals surface area contributed by atoms with E-state index in [9.17, 15) is 10.2 Å². The molecular formula is C38H68O3. The SMILES string of the molecule is CC1CCC(CC(O)OC2C3(C)C(C)C4CCCC(C)C4C(C)C3C(C)C3(C)C(C)C(C(C)O)C(C)CC23C)CC1. The van der Waals surface area contributed by atoms with Crippen LogP contribution in [-0.4, -0.2) is 28.7 Å². The smallest absolute Gasteiger partial charge is 0.155 e. The molecule has 16 atom stereocenters. The van der Waals surface area contributed by atoms with Crippen LogP contribution in [0, 0.1) is 87.3 Å². The molecule has 0 aromatic heterocycles. The summed E-state index contributed by atoms with van der Waals surface area (Å²) in [5.41, 5.74) is -0.0236. The van der Waals surface area contributed by atoms with E-state index in [2.05, 4.69) is 69.2 Å². The molecule has 0 radical (unpaired) electrons. The molecule has 0 saturated heterocycles. The average Bonchev–Trinajstić information content (AvgIpc) is 2.89. The summed E-state index contributed by atoms with van der Waals surface area (Å²) in [5, 5.41) is 22.9. The summed E-state index contributed by atoms with van der Waals surface area (Å²) in [4.78, 5) is 0. The van der Waals surface area contributed by atoms with Crippen LogP contribution in [0.25, 0.3) is 0 Å². The zero-order valence-corrected chi connectivity index (χ0v) is 28.8. The van der Waals surface area contributed by atoms with E-state index in [1.54, 1.807) is 0 Å². The number of ether oxygens (including phenoxy) is 1. The molecule has 0 bridgehead atoms. The number of hydrogen-bond donors (Lipinski definition) is 2. The maximum absolute atomic E-state index is 11.8. The molecule has 0 aromatic carbocycles. The highest BCUT2D eigenvalue weighted by atomic mass is 16.6. The van der Waals surface area contributed by atoms with Gasteiger partial charge in [-0.3, -0.25) is 0 Å². The number of hydrogen-bond acceptors (Lipinski definition) is 3. The molecule has 5 aliphatic carbocycles. The van der Waals surface area contributed by atoms with Gasteiger partial charge in [-0.2, -0.15) is 0 Å². The number of aliphatic hydroxyl groups is 2. The molecule has 3 nitrogen and oxygen atoms in total. The van der Waals surface area contributed by atoms with Gasteiger partial charge in [0.1, 0.15) is 0 Å². The van der Waals surface area contributed by atoms with Crippen LogP contribution >= 0.6 is 0 Å². The third-order valence-corrected chi connectivity index (χ3v) is 16.2. The molecule has 0 spiro atoms. The maximum atomic E-state index is 11.8. The Labute approximate surface area is 254 Å². The summed E-state index contributed by atoms with van der Waals surface area (Å²) in [6, 6.07) is 0. The minimum Gasteiger partial charge on any atom is -0.393 e. The molecule has 5 rings (SSSR count). The summed E-state index contributed by atoms with van der Waals surface area (Å²) < 4.78 is 7.29. The second-order valence-corrected chi connectivity index (χ2v) is 17.8. The Balaban J connectivity index is 1.59. The lowest BCUT2D eigenvalue weighted by molar-refractivity contribution is -0.345. The van der Waals surface area contributed by atoms with E-state index in [1.807, 2.05) is 6.92 Å². The number of rotatable bonds is 5. The highest BCUT2D eigenvalue weighted by Gasteiger charge is 2.74. The van der Waals surface area contributed by atoms with E-state index in [4.69, 9.17) is 4.74 Å². The van der Waals surface area contributed by atoms with Crippen molar-refractivity contribution in [2.45, 2.75) is 152 Å². The predicted molar refractivity (Wildman–Crippen MR) is 170 cm³/mol. The van der Waals surface area contributed by atoms with Crippen molar-refractivity contribution in [2.24, 2.45) is 87.3 Å². The van der Waals surface area contributed by atoms with Crippen LogP contribution in [0.5, 0.6) is 0 Å². The Kier molecular flexibility index (Phi) is 8.94. The monoisotopic (exact) mass is 573 g/mol. The van der Waals surface area contributed by atoms with Gasteiger partial charge < -0.3 is 14.9 Å². The van der Waals surface area contributed by atoms with Gasteiger partial charge in [0.25, 0.3) is 0 Å². The largest absolute Gasteiger partial charge is 0.393 e. The summed E-state index contributed by atoms with van der Waals surface area (Å²) in [7, 11) is 0. The summed E-state index contributed by atoms with van der Waals surface area (Å²) in [5.74, 6) is 7.16. The summed E-state index contributed by atoms with van der Waals surface area (Å²) in [6.07, 6.45) is 10.0. The van der Waals surface area contributed by atoms with Crippen LogP contribution in [-0.2, 0) is 4.74 Å². The fraction of sp³-hybridized carbons (Fsp3) is 1.00. The lowest BCUT2D eigenvalue weighted by Gasteiger charge is -2.76. The zero-order valence-electron chi connectivity index (χ0n) is 28.8. The van der Waals surface area contributed by atoms with Gasteiger partial charge in [0.15, 0.2) is 6.29 Å². The Hall–Kier alpha value is -0.120. The van der Waals surface area contributed by atoms with E-state index >= 15 is 0 Å². The van der Waals surface area contributed by atoms with Gasteiger partial charge in [-0.15, -0.1) is 0 Å². The molecular weight excluding hydrogens is 504 g/mol. The molecule has 41 heavy (non-hydrogen) atoms. The van der Waals surface area contributed by atoms with E-state index < -0.39 is 6.29 Å². The van der Waals surface area contributed by atoms with Crippen LogP contribution < -0.4 is 0 Å². The Morgan fingerprint density at radius 3 is 2.02 bits per heavy atom. The minimum absolute atomic E-state index is 0.0183. The topological polar surface area (TPSA) is 49.7 Å². The van der Waals surface area contributed by atoms with E-state index in [-0.39, 0.29) is 28.5 Å². The molecule has 0 aliphatic heterocycles. The first-order valence-corrected chi connectivity index (χ1v) is 18.1. The molecule has 16 unspecified atom stereocenters. The van der Waals surface area contributed by atoms with Crippen molar-refractivity contribution in [2.75, 3.05) is 0 Å². The van der Waals surface area contributed by atoms with E-state index in [0.29, 0.717) is 47.3 Å². The second-order valence-electron chi connectivity index (χ2n) is 17.8. The van der Waals surface area contributed by atoms with Gasteiger partial charge in [0.05, 0.1) is 12.2 Å². The van der Waals surface area contributed by atoms with Crippen LogP contribution in [0.3, 0.4) is 0 Å². The zero-order chi connectivity index (χ0) is 30.2. The first kappa shape index (κ1) is 32.3. The highest BCUT2D eigenvalue weighted by molar-refractivity contribution is 5.22. The fourth-order valence-electron chi connectivity index (χ4n) is 14.0. The Bertz CT molecular complexity index is 909. The summed E-state index contributed by atoms with van der Waals surface area (Å²) >= 11 is 0. The highest BCUT2D eigenvalue weighted by Crippen LogP contribution is 2.76. The number of aliphatic hydroxyl groups excluding tert-OH is 2. The lowest BCUT2D eigenvalue weighted by Crippen LogP contribution is -2.75. The van der Waals surface area contributed by atoms with Crippen molar-refractivity contribution in [3.05, 3.63) is 0 Å². The van der Waals surface area contributed by atoms with Gasteiger partial charge in [-0.1, -0.05) is 108 Å². The molecule has 5 aliphatic rings. The van der Waals surface area contributed by atoms with Crippen molar-refractivity contribution in [3.63, 3.8) is 0 Å². The van der Waals surface area contributed by atoms with Crippen LogP contribution in [0.2, 0.25) is 0 Å². The molecule has 2 N–H and O–H groups in total. The van der Waals surface area contributed by atoms with Gasteiger partial charge in [-0.25, -0.2) is 0 Å². The third-order valence-electron chi connectivity index (χ3n) is 16.2. The van der Waals surface area contributed by atoms with Crippen LogP contribution in [0.15, 0.2) is 0 Å². The molecule has 0 heterocycles. The molecule has 0 aromatic rings. The molecule has 5 fully saturated rings. The molecule has 0 amide bonds. The van der Waals surface area contributed by atoms with Crippen LogP contribution in [0.4, 0.5) is 0 Å². The molecule has 3 heteroatoms. The van der Waals surface area contributed by atoms with Crippen LogP contribution in [0.1, 0.15) is 134 Å². The predicted octanol–water partition coefficient (Wildman–Crippen LogP) is 9.20. The van der Waals surface area contributed by atoms with Gasteiger partial charge in [-0.05, 0) is 96.2 Å². The van der Waals surface area contributed by atoms with Gasteiger partial charge >= 0.3 is 0 Å².